The van der Waals surface area contributed by atoms with Gasteiger partial charge in [-0.1, -0.05) is 6.92 Å². The average molecular weight is 392 g/mol. The van der Waals surface area contributed by atoms with Gasteiger partial charge in [0.25, 0.3) is 5.91 Å². The van der Waals surface area contributed by atoms with Crippen LogP contribution in [0.25, 0.3) is 0 Å². The third-order valence-electron chi connectivity index (χ3n) is 6.29. The Morgan fingerprint density at radius 2 is 1.63 bits per heavy atom. The molecule has 1 aromatic rings. The van der Waals surface area contributed by atoms with E-state index in [4.69, 9.17) is 0 Å². The molecule has 2 bridgehead atoms. The number of sulfonamides is 1. The molecule has 1 N–H and O–H groups in total. The molecule has 27 heavy (non-hydrogen) atoms. The lowest BCUT2D eigenvalue weighted by Crippen LogP contribution is -2.39. The molecule has 0 radical (unpaired) electrons. The minimum atomic E-state index is -3.47. The second-order valence-electron chi connectivity index (χ2n) is 8.29. The third-order valence-corrected chi connectivity index (χ3v) is 8.20. The summed E-state index contributed by atoms with van der Waals surface area (Å²) in [6.45, 7) is 4.82. The summed E-state index contributed by atoms with van der Waals surface area (Å²) in [4.78, 5) is 15.1. The highest BCUT2D eigenvalue weighted by Gasteiger charge is 2.32. The van der Waals surface area contributed by atoms with E-state index in [1.165, 1.54) is 6.42 Å². The molecule has 0 aliphatic carbocycles. The van der Waals surface area contributed by atoms with Crippen molar-refractivity contribution in [2.24, 2.45) is 5.92 Å². The fraction of sp³-hybridized carbons (Fsp3) is 0.650. The van der Waals surface area contributed by atoms with Crippen LogP contribution < -0.4 is 5.32 Å². The Balaban J connectivity index is 1.46. The zero-order valence-corrected chi connectivity index (χ0v) is 16.7. The maximum absolute atomic E-state index is 12.9. The summed E-state index contributed by atoms with van der Waals surface area (Å²) in [5.74, 6) is 0.579. The van der Waals surface area contributed by atoms with Crippen LogP contribution in [0.2, 0.25) is 0 Å². The van der Waals surface area contributed by atoms with Gasteiger partial charge in [0.1, 0.15) is 0 Å². The molecule has 6 nitrogen and oxygen atoms in total. The van der Waals surface area contributed by atoms with Crippen LogP contribution in [-0.4, -0.2) is 61.8 Å². The van der Waals surface area contributed by atoms with Crippen molar-refractivity contribution >= 4 is 15.9 Å². The van der Waals surface area contributed by atoms with Crippen molar-refractivity contribution in [1.29, 1.82) is 0 Å². The summed E-state index contributed by atoms with van der Waals surface area (Å²) in [6, 6.07) is 7.43. The van der Waals surface area contributed by atoms with E-state index in [0.717, 1.165) is 38.8 Å². The van der Waals surface area contributed by atoms with Crippen molar-refractivity contribution in [3.63, 3.8) is 0 Å². The van der Waals surface area contributed by atoms with Crippen LogP contribution in [0.4, 0.5) is 0 Å². The highest BCUT2D eigenvalue weighted by atomic mass is 32.2. The molecular formula is C20H29N3O3S. The van der Waals surface area contributed by atoms with E-state index in [0.29, 0.717) is 36.7 Å². The molecule has 3 heterocycles. The number of piperidine rings is 1. The standard InChI is InChI=1S/C20H29N3O3S/c1-15-8-12-23(13-9-15)27(25,26)19-6-2-16(3-7-19)20(24)22-11-10-17-4-5-18(14-22)21-17/h2-3,6-7,15,17-18,21H,4-5,8-14H2,1H3. The smallest absolute Gasteiger partial charge is 0.253 e. The van der Waals surface area contributed by atoms with E-state index in [9.17, 15) is 13.2 Å². The second kappa shape index (κ2) is 7.53. The third kappa shape index (κ3) is 3.91. The van der Waals surface area contributed by atoms with Crippen molar-refractivity contribution in [1.82, 2.24) is 14.5 Å². The molecule has 148 valence electrons. The second-order valence-corrected chi connectivity index (χ2v) is 10.2. The number of fused-ring (bicyclic) bond motifs is 2. The lowest BCUT2D eigenvalue weighted by Gasteiger charge is -2.29. The Bertz CT molecular complexity index is 785. The molecule has 2 unspecified atom stereocenters. The number of likely N-dealkylation sites (tertiary alicyclic amines) is 1. The number of carbonyl (C=O) groups is 1. The SMILES string of the molecule is CC1CCN(S(=O)(=O)c2ccc(C(=O)N3CCC4CCC(C3)N4)cc2)CC1. The highest BCUT2D eigenvalue weighted by Crippen LogP contribution is 2.25. The zero-order valence-electron chi connectivity index (χ0n) is 15.9. The van der Waals surface area contributed by atoms with E-state index in [1.807, 2.05) is 4.90 Å². The number of hydrogen-bond acceptors (Lipinski definition) is 4. The summed E-state index contributed by atoms with van der Waals surface area (Å²) >= 11 is 0. The predicted molar refractivity (Wildman–Crippen MR) is 104 cm³/mol. The molecule has 3 fully saturated rings. The van der Waals surface area contributed by atoms with Crippen molar-refractivity contribution < 1.29 is 13.2 Å². The lowest BCUT2D eigenvalue weighted by molar-refractivity contribution is 0.0748. The summed E-state index contributed by atoms with van der Waals surface area (Å²) < 4.78 is 27.2. The summed E-state index contributed by atoms with van der Waals surface area (Å²) in [7, 11) is -3.47. The van der Waals surface area contributed by atoms with Gasteiger partial charge >= 0.3 is 0 Å². The first-order valence-corrected chi connectivity index (χ1v) is 11.5. The first-order valence-electron chi connectivity index (χ1n) is 10.1. The van der Waals surface area contributed by atoms with Gasteiger partial charge in [0.15, 0.2) is 0 Å². The van der Waals surface area contributed by atoms with Gasteiger partial charge in [-0.05, 0) is 62.3 Å². The minimum absolute atomic E-state index is 0.0000882. The molecule has 1 aromatic carbocycles. The number of benzene rings is 1. The Labute approximate surface area is 162 Å². The summed E-state index contributed by atoms with van der Waals surface area (Å²) in [5.41, 5.74) is 0.569. The van der Waals surface area contributed by atoms with Gasteiger partial charge in [0.05, 0.1) is 4.90 Å². The number of carbonyl (C=O) groups excluding carboxylic acids is 1. The van der Waals surface area contributed by atoms with Gasteiger partial charge in [-0.25, -0.2) is 8.42 Å². The van der Waals surface area contributed by atoms with Crippen LogP contribution in [0.3, 0.4) is 0 Å². The van der Waals surface area contributed by atoms with Crippen LogP contribution >= 0.6 is 0 Å². The zero-order chi connectivity index (χ0) is 19.0. The van der Waals surface area contributed by atoms with Gasteiger partial charge < -0.3 is 10.2 Å². The number of amides is 1. The maximum Gasteiger partial charge on any atom is 0.253 e. The first-order chi connectivity index (χ1) is 12.9. The van der Waals surface area contributed by atoms with Gasteiger partial charge in [0.2, 0.25) is 10.0 Å². The van der Waals surface area contributed by atoms with Crippen molar-refractivity contribution in [2.45, 2.75) is 56.0 Å². The molecule has 0 spiro atoms. The molecule has 3 aliphatic heterocycles. The van der Waals surface area contributed by atoms with Crippen molar-refractivity contribution in [3.05, 3.63) is 29.8 Å². The Morgan fingerprint density at radius 1 is 0.963 bits per heavy atom. The fourth-order valence-corrected chi connectivity index (χ4v) is 5.92. The fourth-order valence-electron chi connectivity index (χ4n) is 4.45. The molecule has 7 heteroatoms. The van der Waals surface area contributed by atoms with Gasteiger partial charge in [0, 0.05) is 43.8 Å². The number of rotatable bonds is 3. The van der Waals surface area contributed by atoms with Crippen molar-refractivity contribution in [3.8, 4) is 0 Å². The van der Waals surface area contributed by atoms with Crippen LogP contribution in [0.5, 0.6) is 0 Å². The molecule has 3 saturated heterocycles. The van der Waals surface area contributed by atoms with E-state index in [-0.39, 0.29) is 10.8 Å². The monoisotopic (exact) mass is 391 g/mol. The lowest BCUT2D eigenvalue weighted by atomic mass is 10.0. The minimum Gasteiger partial charge on any atom is -0.337 e. The summed E-state index contributed by atoms with van der Waals surface area (Å²) in [6.07, 6.45) is 5.12. The van der Waals surface area contributed by atoms with Crippen LogP contribution in [0.15, 0.2) is 29.2 Å². The number of nitrogens with zero attached hydrogens (tertiary/aromatic N) is 2. The normalized spacial score (nSPS) is 27.5. The predicted octanol–water partition coefficient (Wildman–Crippen LogP) is 2.07. The molecule has 1 amide bonds. The van der Waals surface area contributed by atoms with E-state index in [1.54, 1.807) is 28.6 Å². The number of hydrogen-bond donors (Lipinski definition) is 1. The first kappa shape index (κ1) is 18.9. The van der Waals surface area contributed by atoms with Gasteiger partial charge in [-0.2, -0.15) is 4.31 Å². The molecule has 0 aromatic heterocycles. The Hall–Kier alpha value is -1.44. The van der Waals surface area contributed by atoms with Crippen LogP contribution in [0.1, 0.15) is 49.4 Å². The molecule has 2 atom stereocenters. The maximum atomic E-state index is 12.9. The Morgan fingerprint density at radius 3 is 2.33 bits per heavy atom. The quantitative estimate of drug-likeness (QED) is 0.856. The highest BCUT2D eigenvalue weighted by molar-refractivity contribution is 7.89. The van der Waals surface area contributed by atoms with Gasteiger partial charge in [-0.15, -0.1) is 0 Å². The number of nitrogens with one attached hydrogen (secondary N) is 1. The molecular weight excluding hydrogens is 362 g/mol. The van der Waals surface area contributed by atoms with E-state index < -0.39 is 10.0 Å². The van der Waals surface area contributed by atoms with E-state index >= 15 is 0 Å². The molecule has 0 saturated carbocycles. The summed E-state index contributed by atoms with van der Waals surface area (Å²) in [5, 5.41) is 3.58. The Kier molecular flexibility index (Phi) is 5.27. The largest absolute Gasteiger partial charge is 0.337 e. The van der Waals surface area contributed by atoms with Crippen molar-refractivity contribution in [2.75, 3.05) is 26.2 Å². The average Bonchev–Trinajstić information content (AvgIpc) is 3.00. The van der Waals surface area contributed by atoms with Crippen LogP contribution in [-0.2, 0) is 10.0 Å². The van der Waals surface area contributed by atoms with Gasteiger partial charge in [-0.3, -0.25) is 4.79 Å². The molecule has 4 rings (SSSR count). The van der Waals surface area contributed by atoms with E-state index in [2.05, 4.69) is 12.2 Å². The molecule has 3 aliphatic rings. The van der Waals surface area contributed by atoms with Crippen LogP contribution in [0, 0.1) is 5.92 Å². The topological polar surface area (TPSA) is 69.7 Å².